The van der Waals surface area contributed by atoms with Crippen molar-refractivity contribution in [3.63, 3.8) is 0 Å². The second kappa shape index (κ2) is 6.70. The largest absolute Gasteiger partial charge is 0.479 e. The van der Waals surface area contributed by atoms with Gasteiger partial charge in [0.15, 0.2) is 8.32 Å². The summed E-state index contributed by atoms with van der Waals surface area (Å²) in [6, 6.07) is 0.689. The van der Waals surface area contributed by atoms with E-state index in [0.717, 1.165) is 30.5 Å². The Morgan fingerprint density at radius 3 is 2.68 bits per heavy atom. The van der Waals surface area contributed by atoms with E-state index in [9.17, 15) is 0 Å². The molecule has 0 amide bonds. The molecule has 0 bridgehead atoms. The zero-order chi connectivity index (χ0) is 18.2. The van der Waals surface area contributed by atoms with Crippen molar-refractivity contribution in [2.24, 2.45) is 0 Å². The van der Waals surface area contributed by atoms with Crippen molar-refractivity contribution in [2.75, 3.05) is 13.7 Å². The van der Waals surface area contributed by atoms with Gasteiger partial charge in [0.2, 0.25) is 5.88 Å². The molecule has 2 aromatic heterocycles. The molecule has 0 radical (unpaired) electrons. The normalized spacial score (nSPS) is 21.8. The fourth-order valence-electron chi connectivity index (χ4n) is 3.08. The van der Waals surface area contributed by atoms with Crippen LogP contribution in [0.1, 0.15) is 45.2 Å². The molecular formula is C18H30N4O2Si. The predicted octanol–water partition coefficient (Wildman–Crippen LogP) is 3.78. The smallest absolute Gasteiger partial charge is 0.241 e. The summed E-state index contributed by atoms with van der Waals surface area (Å²) in [5.74, 6) is 0.590. The van der Waals surface area contributed by atoms with E-state index < -0.39 is 8.32 Å². The van der Waals surface area contributed by atoms with Crippen molar-refractivity contribution >= 4 is 19.4 Å². The molecule has 2 N–H and O–H groups in total. The monoisotopic (exact) mass is 362 g/mol. The number of aromatic amines is 1. The van der Waals surface area contributed by atoms with Gasteiger partial charge in [-0.1, -0.05) is 20.8 Å². The number of methoxy groups -OCH3 is 1. The Balaban J connectivity index is 1.68. The second-order valence-corrected chi connectivity index (χ2v) is 13.2. The zero-order valence-electron chi connectivity index (χ0n) is 16.1. The van der Waals surface area contributed by atoms with Crippen LogP contribution in [0.5, 0.6) is 5.88 Å². The van der Waals surface area contributed by atoms with E-state index in [1.54, 1.807) is 13.4 Å². The Morgan fingerprint density at radius 1 is 1.24 bits per heavy atom. The quantitative estimate of drug-likeness (QED) is 0.792. The molecule has 2 aromatic rings. The van der Waals surface area contributed by atoms with Crippen LogP contribution in [0.25, 0.3) is 11.0 Å². The van der Waals surface area contributed by atoms with E-state index in [2.05, 4.69) is 54.1 Å². The molecule has 138 valence electrons. The van der Waals surface area contributed by atoms with Crippen molar-refractivity contribution < 1.29 is 9.16 Å². The summed E-state index contributed by atoms with van der Waals surface area (Å²) in [5, 5.41) is 3.97. The first-order valence-electron chi connectivity index (χ1n) is 8.99. The van der Waals surface area contributed by atoms with Crippen molar-refractivity contribution in [1.82, 2.24) is 20.3 Å². The van der Waals surface area contributed by atoms with E-state index in [-0.39, 0.29) is 5.04 Å². The highest BCUT2D eigenvalue weighted by molar-refractivity contribution is 6.74. The zero-order valence-corrected chi connectivity index (χ0v) is 17.1. The van der Waals surface area contributed by atoms with E-state index in [1.807, 2.05) is 6.20 Å². The molecule has 0 aromatic carbocycles. The lowest BCUT2D eigenvalue weighted by molar-refractivity contribution is 0.250. The summed E-state index contributed by atoms with van der Waals surface area (Å²) in [6.07, 6.45) is 5.79. The summed E-state index contributed by atoms with van der Waals surface area (Å²) < 4.78 is 11.7. The summed E-state index contributed by atoms with van der Waals surface area (Å²) in [5.41, 5.74) is 2.99. The van der Waals surface area contributed by atoms with Crippen molar-refractivity contribution in [1.29, 1.82) is 0 Å². The molecule has 2 atom stereocenters. The summed E-state index contributed by atoms with van der Waals surface area (Å²) >= 11 is 0. The average Bonchev–Trinajstić information content (AvgIpc) is 3.17. The topological polar surface area (TPSA) is 72.1 Å². The number of nitrogens with one attached hydrogen (secondary N) is 2. The Hall–Kier alpha value is -1.44. The molecule has 3 rings (SSSR count). The van der Waals surface area contributed by atoms with Crippen LogP contribution in [0.2, 0.25) is 18.1 Å². The molecule has 1 fully saturated rings. The molecule has 25 heavy (non-hydrogen) atoms. The summed E-state index contributed by atoms with van der Waals surface area (Å²) in [6.45, 7) is 12.2. The van der Waals surface area contributed by atoms with Gasteiger partial charge in [-0.15, -0.1) is 0 Å². The minimum Gasteiger partial charge on any atom is -0.479 e. The molecule has 0 unspecified atom stereocenters. The Morgan fingerprint density at radius 2 is 2.00 bits per heavy atom. The fraction of sp³-hybridized carbons (Fsp3) is 0.667. The number of rotatable bonds is 5. The first-order valence-corrected chi connectivity index (χ1v) is 11.9. The number of aromatic nitrogens is 3. The standard InChI is InChI=1S/C18H30N4O2Si/c1-18(2,3)25(5,6)24-10-12-7-8-14(22-12)13-9-19-16-15(13)20-11-21-17(16)23-4/h9,11-12,14,19,22H,7-8,10H2,1-6H3/t12-,14+/m0/s1. The molecule has 1 aliphatic rings. The SMILES string of the molecule is COc1ncnc2c([C@H]3CC[C@@H](CO[Si](C)(C)C(C)(C)C)N3)c[nH]c12. The molecule has 1 aliphatic heterocycles. The number of hydrogen-bond donors (Lipinski definition) is 2. The average molecular weight is 363 g/mol. The maximum absolute atomic E-state index is 6.39. The highest BCUT2D eigenvalue weighted by Crippen LogP contribution is 2.38. The van der Waals surface area contributed by atoms with Crippen LogP contribution < -0.4 is 10.1 Å². The van der Waals surface area contributed by atoms with Gasteiger partial charge in [0.25, 0.3) is 0 Å². The van der Waals surface area contributed by atoms with Crippen molar-refractivity contribution in [3.8, 4) is 5.88 Å². The minimum absolute atomic E-state index is 0.245. The summed E-state index contributed by atoms with van der Waals surface area (Å²) in [7, 11) is -0.0708. The number of nitrogens with zero attached hydrogens (tertiary/aromatic N) is 2. The third-order valence-electron chi connectivity index (χ3n) is 5.72. The van der Waals surface area contributed by atoms with Gasteiger partial charge in [0.05, 0.1) is 7.11 Å². The maximum atomic E-state index is 6.39. The number of H-pyrrole nitrogens is 1. The Labute approximate surface area is 150 Å². The third-order valence-corrected chi connectivity index (χ3v) is 10.2. The van der Waals surface area contributed by atoms with Crippen LogP contribution >= 0.6 is 0 Å². The minimum atomic E-state index is -1.70. The van der Waals surface area contributed by atoms with Crippen LogP contribution in [0.3, 0.4) is 0 Å². The van der Waals surface area contributed by atoms with Crippen LogP contribution in [0.4, 0.5) is 0 Å². The van der Waals surface area contributed by atoms with Gasteiger partial charge < -0.3 is 19.5 Å². The highest BCUT2D eigenvalue weighted by atomic mass is 28.4. The second-order valence-electron chi connectivity index (χ2n) is 8.42. The maximum Gasteiger partial charge on any atom is 0.241 e. The number of fused-ring (bicyclic) bond motifs is 1. The number of ether oxygens (including phenoxy) is 1. The van der Waals surface area contributed by atoms with E-state index in [4.69, 9.17) is 9.16 Å². The first kappa shape index (κ1) is 18.4. The summed E-state index contributed by atoms with van der Waals surface area (Å²) in [4.78, 5) is 11.9. The van der Waals surface area contributed by atoms with Gasteiger partial charge in [-0.2, -0.15) is 4.98 Å². The Kier molecular flexibility index (Phi) is 4.92. The molecule has 6 nitrogen and oxygen atoms in total. The molecular weight excluding hydrogens is 332 g/mol. The molecule has 3 heterocycles. The van der Waals surface area contributed by atoms with Crippen LogP contribution in [-0.2, 0) is 4.43 Å². The van der Waals surface area contributed by atoms with E-state index in [1.165, 1.54) is 5.56 Å². The lowest BCUT2D eigenvalue weighted by atomic mass is 10.1. The van der Waals surface area contributed by atoms with Gasteiger partial charge >= 0.3 is 0 Å². The Bertz CT molecular complexity index is 738. The van der Waals surface area contributed by atoms with E-state index in [0.29, 0.717) is 18.0 Å². The van der Waals surface area contributed by atoms with Gasteiger partial charge in [-0.25, -0.2) is 4.98 Å². The van der Waals surface area contributed by atoms with Gasteiger partial charge in [0, 0.05) is 30.5 Å². The molecule has 0 aliphatic carbocycles. The van der Waals surface area contributed by atoms with Crippen LogP contribution in [-0.4, -0.2) is 43.0 Å². The molecule has 1 saturated heterocycles. The van der Waals surface area contributed by atoms with E-state index >= 15 is 0 Å². The third kappa shape index (κ3) is 3.59. The molecule has 7 heteroatoms. The van der Waals surface area contributed by atoms with Crippen molar-refractivity contribution in [3.05, 3.63) is 18.1 Å². The number of hydrogen-bond acceptors (Lipinski definition) is 5. The van der Waals surface area contributed by atoms with Crippen molar-refractivity contribution in [2.45, 2.75) is 63.8 Å². The van der Waals surface area contributed by atoms with Gasteiger partial charge in [-0.05, 0) is 31.0 Å². The lowest BCUT2D eigenvalue weighted by Gasteiger charge is -2.37. The highest BCUT2D eigenvalue weighted by Gasteiger charge is 2.38. The van der Waals surface area contributed by atoms with Gasteiger partial charge in [-0.3, -0.25) is 0 Å². The lowest BCUT2D eigenvalue weighted by Crippen LogP contribution is -2.44. The molecule has 0 saturated carbocycles. The van der Waals surface area contributed by atoms with Gasteiger partial charge in [0.1, 0.15) is 17.4 Å². The predicted molar refractivity (Wildman–Crippen MR) is 102 cm³/mol. The van der Waals surface area contributed by atoms with Crippen LogP contribution in [0, 0.1) is 0 Å². The first-order chi connectivity index (χ1) is 11.7. The fourth-order valence-corrected chi connectivity index (χ4v) is 4.13. The molecule has 0 spiro atoms. The van der Waals surface area contributed by atoms with Crippen LogP contribution in [0.15, 0.2) is 12.5 Å².